The molecule has 2 atom stereocenters. The lowest BCUT2D eigenvalue weighted by molar-refractivity contribution is -0.187. The van der Waals surface area contributed by atoms with Gasteiger partial charge in [0.25, 0.3) is 0 Å². The molecule has 1 heterocycles. The van der Waals surface area contributed by atoms with Crippen LogP contribution in [-0.2, 0) is 19.0 Å². The third kappa shape index (κ3) is 2.65. The second-order valence-corrected chi connectivity index (χ2v) is 4.63. The molecule has 2 rings (SSSR count). The van der Waals surface area contributed by atoms with Gasteiger partial charge in [-0.25, -0.2) is 4.79 Å². The summed E-state index contributed by atoms with van der Waals surface area (Å²) < 4.78 is 16.7. The van der Waals surface area contributed by atoms with E-state index in [9.17, 15) is 4.79 Å². The number of hydrogen-bond donors (Lipinski definition) is 0. The summed E-state index contributed by atoms with van der Waals surface area (Å²) in [6, 6.07) is 9.64. The highest BCUT2D eigenvalue weighted by Crippen LogP contribution is 2.42. The van der Waals surface area contributed by atoms with E-state index in [1.807, 2.05) is 44.2 Å². The summed E-state index contributed by atoms with van der Waals surface area (Å²) in [5.41, 5.74) is 0.932. The molecular weight excluding hydrogens is 244 g/mol. The van der Waals surface area contributed by atoms with Crippen molar-refractivity contribution in [1.29, 1.82) is 0 Å². The van der Waals surface area contributed by atoms with Gasteiger partial charge in [0.15, 0.2) is 11.9 Å². The summed E-state index contributed by atoms with van der Waals surface area (Å²) in [5.74, 6) is -1.09. The first-order valence-electron chi connectivity index (χ1n) is 6.64. The third-order valence-corrected chi connectivity index (χ3v) is 3.60. The number of hydrogen-bond acceptors (Lipinski definition) is 4. The Bertz CT molecular complexity index is 425. The van der Waals surface area contributed by atoms with Crippen LogP contribution in [0.5, 0.6) is 0 Å². The Morgan fingerprint density at radius 1 is 1.21 bits per heavy atom. The molecule has 1 fully saturated rings. The van der Waals surface area contributed by atoms with Gasteiger partial charge in [-0.2, -0.15) is 0 Å². The highest BCUT2D eigenvalue weighted by molar-refractivity contribution is 5.76. The van der Waals surface area contributed by atoms with Crippen molar-refractivity contribution in [3.8, 4) is 0 Å². The lowest BCUT2D eigenvalue weighted by atomic mass is 10.0. The van der Waals surface area contributed by atoms with E-state index in [1.54, 1.807) is 0 Å². The van der Waals surface area contributed by atoms with E-state index in [2.05, 4.69) is 0 Å². The summed E-state index contributed by atoms with van der Waals surface area (Å²) in [6.45, 7) is 3.98. The van der Waals surface area contributed by atoms with Gasteiger partial charge in [-0.15, -0.1) is 0 Å². The fourth-order valence-electron chi connectivity index (χ4n) is 2.37. The highest BCUT2D eigenvalue weighted by atomic mass is 16.8. The second kappa shape index (κ2) is 5.72. The van der Waals surface area contributed by atoms with Crippen LogP contribution < -0.4 is 0 Å². The second-order valence-electron chi connectivity index (χ2n) is 4.63. The largest absolute Gasteiger partial charge is 0.467 e. The van der Waals surface area contributed by atoms with E-state index >= 15 is 0 Å². The molecule has 4 nitrogen and oxygen atoms in total. The fraction of sp³-hybridized carbons (Fsp3) is 0.533. The van der Waals surface area contributed by atoms with Crippen molar-refractivity contribution in [2.24, 2.45) is 0 Å². The average Bonchev–Trinajstić information content (AvgIpc) is 2.88. The van der Waals surface area contributed by atoms with Crippen LogP contribution >= 0.6 is 0 Å². The Labute approximate surface area is 113 Å². The standard InChI is InChI=1S/C15H20O4/c1-4-15(5-2)18-12(11-9-7-6-8-10-11)13(19-15)14(16)17-3/h6-10,12-13H,4-5H2,1-3H3/t12-,13+/m0/s1. The van der Waals surface area contributed by atoms with Crippen molar-refractivity contribution in [2.45, 2.75) is 44.7 Å². The van der Waals surface area contributed by atoms with E-state index < -0.39 is 24.0 Å². The predicted molar refractivity (Wildman–Crippen MR) is 70.5 cm³/mol. The number of carbonyl (C=O) groups is 1. The van der Waals surface area contributed by atoms with Crippen LogP contribution in [0.1, 0.15) is 38.4 Å². The lowest BCUT2D eigenvalue weighted by Gasteiger charge is -2.24. The number of rotatable bonds is 4. The molecule has 4 heteroatoms. The Balaban J connectivity index is 2.31. The molecule has 0 saturated carbocycles. The van der Waals surface area contributed by atoms with Gasteiger partial charge in [-0.05, 0) is 18.4 Å². The zero-order chi connectivity index (χ0) is 13.9. The predicted octanol–water partition coefficient (Wildman–Crippen LogP) is 2.83. The number of ether oxygens (including phenoxy) is 3. The highest BCUT2D eigenvalue weighted by Gasteiger charge is 2.49. The summed E-state index contributed by atoms with van der Waals surface area (Å²) >= 11 is 0. The molecule has 1 aromatic rings. The molecular formula is C15H20O4. The van der Waals surface area contributed by atoms with Gasteiger partial charge < -0.3 is 14.2 Å². The molecule has 0 radical (unpaired) electrons. The minimum Gasteiger partial charge on any atom is -0.467 e. The molecule has 1 aliphatic heterocycles. The Morgan fingerprint density at radius 3 is 2.37 bits per heavy atom. The zero-order valence-electron chi connectivity index (χ0n) is 11.6. The van der Waals surface area contributed by atoms with Crippen LogP contribution in [0.15, 0.2) is 30.3 Å². The minimum atomic E-state index is -0.702. The van der Waals surface area contributed by atoms with Crippen LogP contribution in [0, 0.1) is 0 Å². The number of carbonyl (C=O) groups excluding carboxylic acids is 1. The molecule has 0 bridgehead atoms. The Morgan fingerprint density at radius 2 is 1.84 bits per heavy atom. The molecule has 0 aliphatic carbocycles. The van der Waals surface area contributed by atoms with Crippen molar-refractivity contribution in [1.82, 2.24) is 0 Å². The molecule has 19 heavy (non-hydrogen) atoms. The maximum absolute atomic E-state index is 11.9. The summed E-state index contributed by atoms with van der Waals surface area (Å²) in [6.07, 6.45) is 0.279. The molecule has 104 valence electrons. The first-order chi connectivity index (χ1) is 9.15. The Kier molecular flexibility index (Phi) is 4.22. The van der Waals surface area contributed by atoms with E-state index in [1.165, 1.54) is 7.11 Å². The maximum Gasteiger partial charge on any atom is 0.338 e. The van der Waals surface area contributed by atoms with Crippen molar-refractivity contribution in [3.63, 3.8) is 0 Å². The van der Waals surface area contributed by atoms with Gasteiger partial charge in [0.05, 0.1) is 7.11 Å². The molecule has 1 aliphatic rings. The number of esters is 1. The van der Waals surface area contributed by atoms with Gasteiger partial charge in [0, 0.05) is 0 Å². The molecule has 1 aromatic carbocycles. The number of methoxy groups -OCH3 is 1. The quantitative estimate of drug-likeness (QED) is 0.784. The topological polar surface area (TPSA) is 44.8 Å². The fourth-order valence-corrected chi connectivity index (χ4v) is 2.37. The van der Waals surface area contributed by atoms with Crippen LogP contribution in [0.25, 0.3) is 0 Å². The minimum absolute atomic E-state index is 0.391. The van der Waals surface area contributed by atoms with Crippen molar-refractivity contribution in [2.75, 3.05) is 7.11 Å². The number of benzene rings is 1. The van der Waals surface area contributed by atoms with Crippen LogP contribution in [-0.4, -0.2) is 25.0 Å². The first kappa shape index (κ1) is 14.0. The summed E-state index contributed by atoms with van der Waals surface area (Å²) in [5, 5.41) is 0. The van der Waals surface area contributed by atoms with Gasteiger partial charge in [0.2, 0.25) is 0 Å². The van der Waals surface area contributed by atoms with Gasteiger partial charge in [-0.3, -0.25) is 0 Å². The normalized spacial score (nSPS) is 25.2. The molecule has 0 N–H and O–H groups in total. The van der Waals surface area contributed by atoms with Crippen LogP contribution in [0.3, 0.4) is 0 Å². The van der Waals surface area contributed by atoms with E-state index in [-0.39, 0.29) is 0 Å². The van der Waals surface area contributed by atoms with Gasteiger partial charge >= 0.3 is 5.97 Å². The maximum atomic E-state index is 11.9. The van der Waals surface area contributed by atoms with Crippen molar-refractivity contribution < 1.29 is 19.0 Å². The van der Waals surface area contributed by atoms with Crippen molar-refractivity contribution >= 4 is 5.97 Å². The lowest BCUT2D eigenvalue weighted by Crippen LogP contribution is -2.31. The van der Waals surface area contributed by atoms with Crippen LogP contribution in [0.2, 0.25) is 0 Å². The molecule has 0 amide bonds. The van der Waals surface area contributed by atoms with E-state index in [0.29, 0.717) is 12.8 Å². The summed E-state index contributed by atoms with van der Waals surface area (Å²) in [4.78, 5) is 11.9. The monoisotopic (exact) mass is 264 g/mol. The molecule has 1 saturated heterocycles. The van der Waals surface area contributed by atoms with E-state index in [0.717, 1.165) is 5.56 Å². The zero-order valence-corrected chi connectivity index (χ0v) is 11.6. The Hall–Kier alpha value is -1.39. The van der Waals surface area contributed by atoms with Crippen LogP contribution in [0.4, 0.5) is 0 Å². The van der Waals surface area contributed by atoms with E-state index in [4.69, 9.17) is 14.2 Å². The molecule has 0 unspecified atom stereocenters. The molecule has 0 aromatic heterocycles. The third-order valence-electron chi connectivity index (χ3n) is 3.60. The SMILES string of the molecule is CCC1(CC)O[C@@H](C(=O)OC)[C@H](c2ccccc2)O1. The summed E-state index contributed by atoms with van der Waals surface area (Å²) in [7, 11) is 1.37. The smallest absolute Gasteiger partial charge is 0.338 e. The first-order valence-corrected chi connectivity index (χ1v) is 6.64. The van der Waals surface area contributed by atoms with Crippen molar-refractivity contribution in [3.05, 3.63) is 35.9 Å². The van der Waals surface area contributed by atoms with Gasteiger partial charge in [0.1, 0.15) is 6.10 Å². The van der Waals surface area contributed by atoms with Gasteiger partial charge in [-0.1, -0.05) is 44.2 Å². The average molecular weight is 264 g/mol. The molecule has 0 spiro atoms.